The molecule has 0 atom stereocenters. The SMILES string of the molecule is CCNCc1ccccc1N(CC)CCOCC. The highest BCUT2D eigenvalue weighted by Gasteiger charge is 2.08. The van der Waals surface area contributed by atoms with Crippen LogP contribution < -0.4 is 10.2 Å². The van der Waals surface area contributed by atoms with Crippen LogP contribution in [0.3, 0.4) is 0 Å². The van der Waals surface area contributed by atoms with Gasteiger partial charge in [0.15, 0.2) is 0 Å². The van der Waals surface area contributed by atoms with Gasteiger partial charge in [-0.1, -0.05) is 25.1 Å². The molecule has 1 rings (SSSR count). The zero-order valence-corrected chi connectivity index (χ0v) is 11.9. The lowest BCUT2D eigenvalue weighted by molar-refractivity contribution is 0.154. The van der Waals surface area contributed by atoms with Crippen molar-refractivity contribution in [3.63, 3.8) is 0 Å². The fraction of sp³-hybridized carbons (Fsp3) is 0.600. The lowest BCUT2D eigenvalue weighted by atomic mass is 10.1. The number of likely N-dealkylation sites (N-methyl/N-ethyl adjacent to an activating group) is 1. The van der Waals surface area contributed by atoms with E-state index in [0.717, 1.165) is 39.4 Å². The van der Waals surface area contributed by atoms with E-state index in [1.54, 1.807) is 0 Å². The molecule has 0 amide bonds. The third-order valence-corrected chi connectivity index (χ3v) is 2.99. The molecule has 0 unspecified atom stereocenters. The molecular weight excluding hydrogens is 224 g/mol. The van der Waals surface area contributed by atoms with Crippen molar-refractivity contribution in [1.82, 2.24) is 5.32 Å². The lowest BCUT2D eigenvalue weighted by Gasteiger charge is -2.25. The van der Waals surface area contributed by atoms with Gasteiger partial charge in [-0.05, 0) is 32.0 Å². The van der Waals surface area contributed by atoms with Crippen LogP contribution in [0.4, 0.5) is 5.69 Å². The molecule has 0 heterocycles. The summed E-state index contributed by atoms with van der Waals surface area (Å²) in [5.41, 5.74) is 2.68. The quantitative estimate of drug-likeness (QED) is 0.682. The fourth-order valence-corrected chi connectivity index (χ4v) is 2.00. The summed E-state index contributed by atoms with van der Waals surface area (Å²) in [7, 11) is 0. The highest BCUT2D eigenvalue weighted by molar-refractivity contribution is 5.53. The monoisotopic (exact) mass is 250 g/mol. The van der Waals surface area contributed by atoms with E-state index in [-0.39, 0.29) is 0 Å². The topological polar surface area (TPSA) is 24.5 Å². The van der Waals surface area contributed by atoms with E-state index in [4.69, 9.17) is 4.74 Å². The fourth-order valence-electron chi connectivity index (χ4n) is 2.00. The van der Waals surface area contributed by atoms with Gasteiger partial charge >= 0.3 is 0 Å². The van der Waals surface area contributed by atoms with E-state index in [9.17, 15) is 0 Å². The maximum absolute atomic E-state index is 5.45. The molecule has 0 aliphatic heterocycles. The molecule has 0 saturated heterocycles. The minimum absolute atomic E-state index is 0.788. The smallest absolute Gasteiger partial charge is 0.0641 e. The number of nitrogens with one attached hydrogen (secondary N) is 1. The first-order chi connectivity index (χ1) is 8.83. The second kappa shape index (κ2) is 8.95. The normalized spacial score (nSPS) is 10.6. The molecule has 0 aliphatic rings. The number of ether oxygens (including phenoxy) is 1. The molecule has 102 valence electrons. The molecule has 0 saturated carbocycles. The molecule has 0 spiro atoms. The average Bonchev–Trinajstić information content (AvgIpc) is 2.42. The van der Waals surface area contributed by atoms with Crippen LogP contribution in [0.1, 0.15) is 26.3 Å². The largest absolute Gasteiger partial charge is 0.380 e. The van der Waals surface area contributed by atoms with E-state index < -0.39 is 0 Å². The highest BCUT2D eigenvalue weighted by Crippen LogP contribution is 2.19. The second-order valence-corrected chi connectivity index (χ2v) is 4.19. The van der Waals surface area contributed by atoms with E-state index >= 15 is 0 Å². The number of hydrogen-bond donors (Lipinski definition) is 1. The summed E-state index contributed by atoms with van der Waals surface area (Å²) in [6.45, 7) is 11.8. The summed E-state index contributed by atoms with van der Waals surface area (Å²) >= 11 is 0. The van der Waals surface area contributed by atoms with Gasteiger partial charge in [0, 0.05) is 31.9 Å². The Labute approximate surface area is 111 Å². The van der Waals surface area contributed by atoms with Crippen LogP contribution in [0, 0.1) is 0 Å². The van der Waals surface area contributed by atoms with Gasteiger partial charge in [-0.3, -0.25) is 0 Å². The summed E-state index contributed by atoms with van der Waals surface area (Å²) in [5.74, 6) is 0. The number of hydrogen-bond acceptors (Lipinski definition) is 3. The Morgan fingerprint density at radius 3 is 2.61 bits per heavy atom. The third kappa shape index (κ3) is 4.67. The zero-order valence-electron chi connectivity index (χ0n) is 11.9. The van der Waals surface area contributed by atoms with E-state index in [1.165, 1.54) is 11.3 Å². The molecule has 1 N–H and O–H groups in total. The average molecular weight is 250 g/mol. The van der Waals surface area contributed by atoms with Gasteiger partial charge in [0.25, 0.3) is 0 Å². The van der Waals surface area contributed by atoms with Gasteiger partial charge in [-0.15, -0.1) is 0 Å². The molecule has 0 bridgehead atoms. The van der Waals surface area contributed by atoms with E-state index in [2.05, 4.69) is 48.3 Å². The van der Waals surface area contributed by atoms with Crippen molar-refractivity contribution in [2.24, 2.45) is 0 Å². The van der Waals surface area contributed by atoms with Gasteiger partial charge in [-0.25, -0.2) is 0 Å². The Morgan fingerprint density at radius 1 is 1.17 bits per heavy atom. The van der Waals surface area contributed by atoms with Gasteiger partial charge in [0.05, 0.1) is 6.61 Å². The minimum Gasteiger partial charge on any atom is -0.380 e. The van der Waals surface area contributed by atoms with Crippen molar-refractivity contribution in [3.05, 3.63) is 29.8 Å². The molecule has 3 heteroatoms. The van der Waals surface area contributed by atoms with Crippen LogP contribution in [0.2, 0.25) is 0 Å². The minimum atomic E-state index is 0.788. The van der Waals surface area contributed by atoms with Gasteiger partial charge in [0.2, 0.25) is 0 Å². The van der Waals surface area contributed by atoms with E-state index in [1.807, 2.05) is 6.92 Å². The number of benzene rings is 1. The predicted octanol–water partition coefficient (Wildman–Crippen LogP) is 2.66. The molecular formula is C15H26N2O. The van der Waals surface area contributed by atoms with Crippen molar-refractivity contribution in [2.45, 2.75) is 27.3 Å². The standard InChI is InChI=1S/C15H26N2O/c1-4-16-13-14-9-7-8-10-15(14)17(5-2)11-12-18-6-3/h7-10,16H,4-6,11-13H2,1-3H3. The van der Waals surface area contributed by atoms with Crippen LogP contribution in [0.15, 0.2) is 24.3 Å². The van der Waals surface area contributed by atoms with Crippen molar-refractivity contribution in [3.8, 4) is 0 Å². The number of rotatable bonds is 9. The summed E-state index contributed by atoms with van der Waals surface area (Å²) in [6, 6.07) is 8.60. The molecule has 0 radical (unpaired) electrons. The Hall–Kier alpha value is -1.06. The van der Waals surface area contributed by atoms with Crippen molar-refractivity contribution >= 4 is 5.69 Å². The highest BCUT2D eigenvalue weighted by atomic mass is 16.5. The predicted molar refractivity (Wildman–Crippen MR) is 78.2 cm³/mol. The molecule has 0 aromatic heterocycles. The van der Waals surface area contributed by atoms with E-state index in [0.29, 0.717) is 0 Å². The van der Waals surface area contributed by atoms with Gasteiger partial charge in [0.1, 0.15) is 0 Å². The molecule has 1 aromatic carbocycles. The van der Waals surface area contributed by atoms with Crippen LogP contribution >= 0.6 is 0 Å². The maximum Gasteiger partial charge on any atom is 0.0641 e. The Balaban J connectivity index is 2.70. The Kier molecular flexibility index (Phi) is 7.46. The first-order valence-corrected chi connectivity index (χ1v) is 6.94. The summed E-state index contributed by atoms with van der Waals surface area (Å²) in [6.07, 6.45) is 0. The third-order valence-electron chi connectivity index (χ3n) is 2.99. The zero-order chi connectivity index (χ0) is 13.2. The van der Waals surface area contributed by atoms with Crippen molar-refractivity contribution in [2.75, 3.05) is 37.7 Å². The first kappa shape index (κ1) is 15.0. The molecule has 0 fully saturated rings. The van der Waals surface area contributed by atoms with Crippen molar-refractivity contribution < 1.29 is 4.74 Å². The van der Waals surface area contributed by atoms with Crippen LogP contribution in [-0.4, -0.2) is 32.8 Å². The van der Waals surface area contributed by atoms with Crippen LogP contribution in [0.5, 0.6) is 0 Å². The lowest BCUT2D eigenvalue weighted by Crippen LogP contribution is -2.28. The first-order valence-electron chi connectivity index (χ1n) is 6.94. The van der Waals surface area contributed by atoms with Crippen LogP contribution in [-0.2, 0) is 11.3 Å². The van der Waals surface area contributed by atoms with Crippen molar-refractivity contribution in [1.29, 1.82) is 0 Å². The Bertz CT molecular complexity index is 328. The number of para-hydroxylation sites is 1. The second-order valence-electron chi connectivity index (χ2n) is 4.19. The summed E-state index contributed by atoms with van der Waals surface area (Å²) in [4.78, 5) is 2.38. The molecule has 0 aliphatic carbocycles. The Morgan fingerprint density at radius 2 is 1.94 bits per heavy atom. The van der Waals surface area contributed by atoms with Gasteiger partial charge in [-0.2, -0.15) is 0 Å². The van der Waals surface area contributed by atoms with Crippen LogP contribution in [0.25, 0.3) is 0 Å². The maximum atomic E-state index is 5.45. The molecule has 3 nitrogen and oxygen atoms in total. The number of anilines is 1. The number of nitrogens with zero attached hydrogens (tertiary/aromatic N) is 1. The molecule has 1 aromatic rings. The summed E-state index contributed by atoms with van der Waals surface area (Å²) in [5, 5.41) is 3.39. The summed E-state index contributed by atoms with van der Waals surface area (Å²) < 4.78 is 5.45. The van der Waals surface area contributed by atoms with Gasteiger partial charge < -0.3 is 15.0 Å². The molecule has 18 heavy (non-hydrogen) atoms.